The second-order valence-corrected chi connectivity index (χ2v) is 9.76. The molecule has 3 saturated carbocycles. The minimum Gasteiger partial charge on any atom is -0.469 e. The summed E-state index contributed by atoms with van der Waals surface area (Å²) in [7, 11) is 1.42. The van der Waals surface area contributed by atoms with Crippen molar-refractivity contribution in [3.8, 4) is 11.6 Å². The molecule has 2 bridgehead atoms. The Morgan fingerprint density at radius 3 is 2.38 bits per heavy atom. The monoisotopic (exact) mass is 454 g/mol. The highest BCUT2D eigenvalue weighted by Crippen LogP contribution is 2.58. The van der Waals surface area contributed by atoms with Crippen LogP contribution in [0.25, 0.3) is 11.6 Å². The number of aromatic nitrogens is 4. The SMILES string of the molecule is COC(=O)C12CCC(c3nnc4n3C[C@H](C)c3c([C@@](C)(O)C(F)(F)F)noc3-4)(CC1)CC2. The average molecular weight is 454 g/mol. The number of aliphatic hydroxyl groups is 1. The molecule has 0 spiro atoms. The summed E-state index contributed by atoms with van der Waals surface area (Å²) in [6.45, 7) is 2.82. The van der Waals surface area contributed by atoms with Crippen molar-refractivity contribution in [3.05, 3.63) is 17.1 Å². The summed E-state index contributed by atoms with van der Waals surface area (Å²) in [5.74, 6) is 0.686. The van der Waals surface area contributed by atoms with E-state index in [9.17, 15) is 23.1 Å². The quantitative estimate of drug-likeness (QED) is 0.707. The highest BCUT2D eigenvalue weighted by molar-refractivity contribution is 5.77. The molecule has 174 valence electrons. The highest BCUT2D eigenvalue weighted by atomic mass is 19.4. The molecule has 3 heterocycles. The van der Waals surface area contributed by atoms with Gasteiger partial charge in [-0.25, -0.2) is 0 Å². The van der Waals surface area contributed by atoms with E-state index in [-0.39, 0.29) is 28.6 Å². The Hall–Kier alpha value is -2.43. The highest BCUT2D eigenvalue weighted by Gasteiger charge is 2.58. The van der Waals surface area contributed by atoms with E-state index in [4.69, 9.17) is 9.26 Å². The maximum atomic E-state index is 13.5. The number of rotatable bonds is 3. The van der Waals surface area contributed by atoms with Gasteiger partial charge in [0.05, 0.1) is 12.5 Å². The summed E-state index contributed by atoms with van der Waals surface area (Å²) in [5.41, 5.74) is -4.11. The minimum atomic E-state index is -4.90. The number of carbonyl (C=O) groups is 1. The van der Waals surface area contributed by atoms with Crippen LogP contribution >= 0.6 is 0 Å². The molecular formula is C21H25F3N4O4. The molecule has 0 radical (unpaired) electrons. The van der Waals surface area contributed by atoms with Crippen molar-refractivity contribution in [2.45, 2.75) is 82.0 Å². The van der Waals surface area contributed by atoms with Crippen molar-refractivity contribution in [2.75, 3.05) is 7.11 Å². The largest absolute Gasteiger partial charge is 0.469 e. The Labute approximate surface area is 182 Å². The number of hydrogen-bond acceptors (Lipinski definition) is 7. The zero-order valence-corrected chi connectivity index (χ0v) is 18.1. The van der Waals surface area contributed by atoms with Crippen molar-refractivity contribution >= 4 is 5.97 Å². The number of hydrogen-bond donors (Lipinski definition) is 1. The van der Waals surface area contributed by atoms with Crippen LogP contribution in [0.2, 0.25) is 0 Å². The zero-order valence-electron chi connectivity index (χ0n) is 18.1. The van der Waals surface area contributed by atoms with Gasteiger partial charge in [-0.2, -0.15) is 13.2 Å². The van der Waals surface area contributed by atoms with Crippen molar-refractivity contribution in [1.29, 1.82) is 0 Å². The van der Waals surface area contributed by atoms with Gasteiger partial charge in [-0.1, -0.05) is 12.1 Å². The molecule has 0 saturated heterocycles. The van der Waals surface area contributed by atoms with Crippen LogP contribution < -0.4 is 0 Å². The zero-order chi connectivity index (χ0) is 23.1. The number of ether oxygens (including phenoxy) is 1. The summed E-state index contributed by atoms with van der Waals surface area (Å²) in [6.07, 6.45) is -0.455. The second-order valence-electron chi connectivity index (χ2n) is 9.76. The standard InChI is InChI=1S/C21H25F3N4O4/c1-11-10-28-15(13-12(11)14(27-32-13)18(2,30)21(22,23)24)25-26-16(28)19-4-7-20(8-5-19,9-6-19)17(29)31-3/h11,30H,4-10H2,1-3H3/t11-,18+,19?,20?/m0/s1. The summed E-state index contributed by atoms with van der Waals surface area (Å²) in [5, 5.41) is 22.5. The first-order chi connectivity index (χ1) is 15.0. The molecule has 11 heteroatoms. The number of methoxy groups -OCH3 is 1. The van der Waals surface area contributed by atoms with Crippen molar-refractivity contribution < 1.29 is 32.3 Å². The molecule has 32 heavy (non-hydrogen) atoms. The van der Waals surface area contributed by atoms with E-state index in [0.717, 1.165) is 25.1 Å². The van der Waals surface area contributed by atoms with Crippen LogP contribution in [0.4, 0.5) is 13.2 Å². The van der Waals surface area contributed by atoms with E-state index in [1.54, 1.807) is 6.92 Å². The molecule has 0 aromatic carbocycles. The van der Waals surface area contributed by atoms with Gasteiger partial charge in [-0.15, -0.1) is 10.2 Å². The van der Waals surface area contributed by atoms with Crippen LogP contribution in [-0.4, -0.2) is 44.3 Å². The van der Waals surface area contributed by atoms with Gasteiger partial charge < -0.3 is 18.9 Å². The Kier molecular flexibility index (Phi) is 4.39. The lowest BCUT2D eigenvalue weighted by molar-refractivity contribution is -0.261. The van der Waals surface area contributed by atoms with Gasteiger partial charge >= 0.3 is 12.1 Å². The summed E-state index contributed by atoms with van der Waals surface area (Å²) < 4.78 is 52.6. The summed E-state index contributed by atoms with van der Waals surface area (Å²) in [4.78, 5) is 12.3. The van der Waals surface area contributed by atoms with E-state index < -0.39 is 22.9 Å². The maximum absolute atomic E-state index is 13.5. The Morgan fingerprint density at radius 2 is 1.81 bits per heavy atom. The van der Waals surface area contributed by atoms with Gasteiger partial charge in [0, 0.05) is 23.4 Å². The molecule has 1 aliphatic heterocycles. The number of fused-ring (bicyclic) bond motifs is 6. The normalized spacial score (nSPS) is 31.0. The minimum absolute atomic E-state index is 0.119. The first kappa shape index (κ1) is 21.4. The van der Waals surface area contributed by atoms with E-state index >= 15 is 0 Å². The van der Waals surface area contributed by atoms with E-state index in [1.807, 2.05) is 4.57 Å². The Morgan fingerprint density at radius 1 is 1.19 bits per heavy atom. The van der Waals surface area contributed by atoms with E-state index in [1.165, 1.54) is 7.11 Å². The summed E-state index contributed by atoms with van der Waals surface area (Å²) >= 11 is 0. The number of halogens is 3. The third-order valence-corrected chi connectivity index (χ3v) is 7.98. The van der Waals surface area contributed by atoms with Crippen LogP contribution in [0.3, 0.4) is 0 Å². The van der Waals surface area contributed by atoms with Crippen LogP contribution in [0.1, 0.15) is 75.4 Å². The van der Waals surface area contributed by atoms with Crippen LogP contribution in [0.15, 0.2) is 4.52 Å². The summed E-state index contributed by atoms with van der Waals surface area (Å²) in [6, 6.07) is 0. The number of carbonyl (C=O) groups excluding carboxylic acids is 1. The van der Waals surface area contributed by atoms with Crippen LogP contribution in [0, 0.1) is 5.41 Å². The lowest BCUT2D eigenvalue weighted by atomic mass is 9.53. The van der Waals surface area contributed by atoms with Gasteiger partial charge in [0.25, 0.3) is 0 Å². The molecule has 6 rings (SSSR count). The Balaban J connectivity index is 1.53. The molecule has 4 aliphatic rings. The Bertz CT molecular complexity index is 1060. The van der Waals surface area contributed by atoms with Crippen molar-refractivity contribution in [2.24, 2.45) is 5.41 Å². The third kappa shape index (κ3) is 2.66. The topological polar surface area (TPSA) is 103 Å². The molecule has 2 aromatic rings. The maximum Gasteiger partial charge on any atom is 0.422 e. The van der Waals surface area contributed by atoms with Gasteiger partial charge in [0.15, 0.2) is 0 Å². The fourth-order valence-corrected chi connectivity index (χ4v) is 5.85. The van der Waals surface area contributed by atoms with Crippen molar-refractivity contribution in [3.63, 3.8) is 0 Å². The molecule has 2 atom stereocenters. The lowest BCUT2D eigenvalue weighted by Gasteiger charge is -2.51. The molecule has 1 N–H and O–H groups in total. The predicted octanol–water partition coefficient (Wildman–Crippen LogP) is 3.59. The first-order valence-electron chi connectivity index (χ1n) is 10.8. The van der Waals surface area contributed by atoms with Gasteiger partial charge in [0.2, 0.25) is 17.2 Å². The number of esters is 1. The van der Waals surface area contributed by atoms with Gasteiger partial charge in [0.1, 0.15) is 11.5 Å². The predicted molar refractivity (Wildman–Crippen MR) is 103 cm³/mol. The van der Waals surface area contributed by atoms with Crippen LogP contribution in [0.5, 0.6) is 0 Å². The average Bonchev–Trinajstić information content (AvgIpc) is 3.39. The van der Waals surface area contributed by atoms with Gasteiger partial charge in [-0.05, 0) is 45.4 Å². The molecule has 3 fully saturated rings. The van der Waals surface area contributed by atoms with Crippen molar-refractivity contribution in [1.82, 2.24) is 19.9 Å². The second kappa shape index (κ2) is 6.55. The first-order valence-corrected chi connectivity index (χ1v) is 10.8. The molecule has 8 nitrogen and oxygen atoms in total. The van der Waals surface area contributed by atoms with E-state index in [2.05, 4.69) is 15.4 Å². The molecule has 3 aliphatic carbocycles. The number of alkyl halides is 3. The van der Waals surface area contributed by atoms with E-state index in [0.29, 0.717) is 38.6 Å². The number of nitrogens with zero attached hydrogens (tertiary/aromatic N) is 4. The smallest absolute Gasteiger partial charge is 0.422 e. The molecule has 2 aromatic heterocycles. The third-order valence-electron chi connectivity index (χ3n) is 7.98. The molecular weight excluding hydrogens is 429 g/mol. The lowest BCUT2D eigenvalue weighted by Crippen LogP contribution is -2.49. The molecule has 0 amide bonds. The fraction of sp³-hybridized carbons (Fsp3) is 0.714. The van der Waals surface area contributed by atoms with Crippen LogP contribution in [-0.2, 0) is 27.1 Å². The fourth-order valence-electron chi connectivity index (χ4n) is 5.85. The van der Waals surface area contributed by atoms with Gasteiger partial charge in [-0.3, -0.25) is 4.79 Å². The molecule has 0 unspecified atom stereocenters.